The number of benzene rings is 1. The van der Waals surface area contributed by atoms with Crippen molar-refractivity contribution in [3.8, 4) is 0 Å². The van der Waals surface area contributed by atoms with Gasteiger partial charge in [-0.05, 0) is 30.5 Å². The Morgan fingerprint density at radius 3 is 2.53 bits per heavy atom. The molecule has 7 nitrogen and oxygen atoms in total. The largest absolute Gasteiger partial charge is 0.354 e. The lowest BCUT2D eigenvalue weighted by Crippen LogP contribution is -2.47. The van der Waals surface area contributed by atoms with E-state index >= 15 is 0 Å². The number of rotatable bonds is 4. The van der Waals surface area contributed by atoms with Crippen LogP contribution in [-0.2, 0) is 19.5 Å². The van der Waals surface area contributed by atoms with Crippen molar-refractivity contribution < 1.29 is 0 Å². The lowest BCUT2D eigenvalue weighted by molar-refractivity contribution is 0.246. The van der Waals surface area contributed by atoms with Crippen molar-refractivity contribution >= 4 is 75.4 Å². The van der Waals surface area contributed by atoms with E-state index in [2.05, 4.69) is 62.0 Å². The monoisotopic (exact) mass is 568 g/mol. The van der Waals surface area contributed by atoms with E-state index in [0.29, 0.717) is 6.54 Å². The van der Waals surface area contributed by atoms with Crippen molar-refractivity contribution in [2.75, 3.05) is 51.2 Å². The van der Waals surface area contributed by atoms with Gasteiger partial charge in [-0.2, -0.15) is 0 Å². The Morgan fingerprint density at radius 2 is 1.72 bits per heavy atom. The van der Waals surface area contributed by atoms with Crippen LogP contribution < -0.4 is 10.5 Å². The normalized spacial score (nSPS) is 16.2. The number of anilines is 1. The van der Waals surface area contributed by atoms with Crippen molar-refractivity contribution in [3.63, 3.8) is 0 Å². The van der Waals surface area contributed by atoms with Crippen molar-refractivity contribution in [2.24, 2.45) is 0 Å². The van der Waals surface area contributed by atoms with E-state index in [9.17, 15) is 4.79 Å². The van der Waals surface area contributed by atoms with E-state index in [0.717, 1.165) is 68.3 Å². The van der Waals surface area contributed by atoms with Crippen molar-refractivity contribution in [1.82, 2.24) is 24.3 Å². The number of nitrogens with zero attached hydrogens (tertiary/aromatic N) is 6. The zero-order valence-corrected chi connectivity index (χ0v) is 23.4. The van der Waals surface area contributed by atoms with Crippen LogP contribution in [0.15, 0.2) is 47.7 Å². The molecule has 0 amide bonds. The Labute approximate surface area is 233 Å². The number of pyridine rings is 1. The molecular weight excluding hydrogens is 539 g/mol. The van der Waals surface area contributed by atoms with Gasteiger partial charge in [-0.1, -0.05) is 24.3 Å². The van der Waals surface area contributed by atoms with Gasteiger partial charge in [0.25, 0.3) is 5.56 Å². The summed E-state index contributed by atoms with van der Waals surface area (Å²) in [5.74, 6) is 1.08. The van der Waals surface area contributed by atoms with Crippen LogP contribution >= 0.6 is 48.6 Å². The minimum absolute atomic E-state index is 0. The maximum absolute atomic E-state index is 13.3. The van der Waals surface area contributed by atoms with Crippen LogP contribution in [0.2, 0.25) is 0 Å². The molecule has 0 aliphatic carbocycles. The maximum Gasteiger partial charge on any atom is 0.262 e. The van der Waals surface area contributed by atoms with Crippen LogP contribution in [0.1, 0.15) is 10.4 Å². The summed E-state index contributed by atoms with van der Waals surface area (Å²) < 4.78 is 1.81. The average Bonchev–Trinajstić information content (AvgIpc) is 3.22. The number of thiophene rings is 1. The van der Waals surface area contributed by atoms with E-state index in [1.807, 2.05) is 10.8 Å². The molecule has 1 aromatic carbocycles. The fraction of sp³-hybridized carbons (Fsp3) is 0.400. The van der Waals surface area contributed by atoms with Gasteiger partial charge in [-0.3, -0.25) is 14.3 Å². The van der Waals surface area contributed by atoms with Crippen molar-refractivity contribution in [2.45, 2.75) is 19.5 Å². The molecule has 0 atom stereocenters. The summed E-state index contributed by atoms with van der Waals surface area (Å²) in [5.41, 5.74) is 1.36. The highest BCUT2D eigenvalue weighted by molar-refractivity contribution is 7.18. The van der Waals surface area contributed by atoms with Crippen molar-refractivity contribution in [3.05, 3.63) is 63.7 Å². The first-order valence-corrected chi connectivity index (χ1v) is 12.5. The quantitative estimate of drug-likeness (QED) is 0.369. The molecule has 36 heavy (non-hydrogen) atoms. The second kappa shape index (κ2) is 12.1. The lowest BCUT2D eigenvalue weighted by Gasteiger charge is -2.35. The minimum atomic E-state index is 0. The van der Waals surface area contributed by atoms with Crippen LogP contribution in [0, 0.1) is 0 Å². The first-order valence-electron chi connectivity index (χ1n) is 11.7. The number of fused-ring (bicyclic) bond motifs is 4. The Bertz CT molecular complexity index is 1380. The second-order valence-electron chi connectivity index (χ2n) is 9.10. The third-order valence-corrected chi connectivity index (χ3v) is 8.12. The molecule has 11 heteroatoms. The van der Waals surface area contributed by atoms with Gasteiger partial charge in [-0.15, -0.1) is 48.6 Å². The topological polar surface area (TPSA) is 57.5 Å². The summed E-state index contributed by atoms with van der Waals surface area (Å²) in [6, 6.07) is 10.5. The zero-order valence-electron chi connectivity index (χ0n) is 20.1. The minimum Gasteiger partial charge on any atom is -0.354 e. The highest BCUT2D eigenvalue weighted by Crippen LogP contribution is 2.31. The van der Waals surface area contributed by atoms with Gasteiger partial charge in [-0.25, -0.2) is 9.97 Å². The number of hydrogen-bond acceptors (Lipinski definition) is 7. The lowest BCUT2D eigenvalue weighted by atomic mass is 10.1. The SMILES string of the molecule is CN1CCc2c(sc3ncn(CCN4CCN(c5nccc6ccccc56)CC4)c(=O)c23)C1.Cl.Cl.Cl. The standard InChI is InChI=1S/C25H28N6OS.3ClH/c1-28-9-7-20-21(16-28)33-24-22(20)25(32)31(17-27-24)15-12-29-10-13-30(14-11-29)23-19-5-3-2-4-18(19)6-8-26-23;;;/h2-6,8,17H,7,9-16H2,1H3;3*1H. The first kappa shape index (κ1) is 28.6. The van der Waals surface area contributed by atoms with Gasteiger partial charge >= 0.3 is 0 Å². The molecule has 1 fully saturated rings. The fourth-order valence-corrected chi connectivity index (χ4v) is 6.35. The Hall–Kier alpha value is -1.94. The van der Waals surface area contributed by atoms with E-state index in [-0.39, 0.29) is 42.8 Å². The summed E-state index contributed by atoms with van der Waals surface area (Å²) in [4.78, 5) is 31.9. The molecule has 0 spiro atoms. The zero-order chi connectivity index (χ0) is 22.4. The second-order valence-corrected chi connectivity index (χ2v) is 10.2. The summed E-state index contributed by atoms with van der Waals surface area (Å²) >= 11 is 1.68. The number of likely N-dealkylation sites (N-methyl/N-ethyl adjacent to an activating group) is 1. The number of aromatic nitrogens is 3. The predicted octanol–water partition coefficient (Wildman–Crippen LogP) is 4.08. The van der Waals surface area contributed by atoms with Crippen LogP contribution in [-0.4, -0.2) is 70.7 Å². The summed E-state index contributed by atoms with van der Waals surface area (Å²) in [5, 5.41) is 3.30. The highest BCUT2D eigenvalue weighted by atomic mass is 35.5. The number of halogens is 3. The maximum atomic E-state index is 13.3. The molecule has 3 aromatic heterocycles. The van der Waals surface area contributed by atoms with Gasteiger partial charge in [0, 0.05) is 68.8 Å². The fourth-order valence-electron chi connectivity index (χ4n) is 5.09. The van der Waals surface area contributed by atoms with E-state index in [4.69, 9.17) is 0 Å². The third kappa shape index (κ3) is 5.35. The molecule has 0 bridgehead atoms. The molecule has 0 saturated carbocycles. The van der Waals surface area contributed by atoms with Gasteiger partial charge in [0.05, 0.1) is 11.7 Å². The molecule has 2 aliphatic heterocycles. The van der Waals surface area contributed by atoms with E-state index in [1.165, 1.54) is 21.2 Å². The molecule has 0 unspecified atom stereocenters. The summed E-state index contributed by atoms with van der Waals surface area (Å²) in [6.07, 6.45) is 4.59. The van der Waals surface area contributed by atoms with Crippen LogP contribution in [0.4, 0.5) is 5.82 Å². The molecule has 6 rings (SSSR count). The molecule has 2 aliphatic rings. The van der Waals surface area contributed by atoms with Gasteiger partial charge < -0.3 is 9.80 Å². The molecule has 0 N–H and O–H groups in total. The van der Waals surface area contributed by atoms with Gasteiger partial charge in [0.1, 0.15) is 10.6 Å². The third-order valence-electron chi connectivity index (χ3n) is 7.00. The Morgan fingerprint density at radius 1 is 0.944 bits per heavy atom. The highest BCUT2D eigenvalue weighted by Gasteiger charge is 2.23. The number of piperazine rings is 1. The Kier molecular flexibility index (Phi) is 9.60. The van der Waals surface area contributed by atoms with Crippen LogP contribution in [0.25, 0.3) is 21.0 Å². The molecule has 0 radical (unpaired) electrons. The van der Waals surface area contributed by atoms with Crippen molar-refractivity contribution in [1.29, 1.82) is 0 Å². The van der Waals surface area contributed by atoms with Crippen LogP contribution in [0.3, 0.4) is 0 Å². The average molecular weight is 570 g/mol. The summed E-state index contributed by atoms with van der Waals surface area (Å²) in [6.45, 7) is 7.29. The van der Waals surface area contributed by atoms with Crippen LogP contribution in [0.5, 0.6) is 0 Å². The Balaban J connectivity index is 0.00000120. The van der Waals surface area contributed by atoms with E-state index in [1.54, 1.807) is 17.7 Å². The van der Waals surface area contributed by atoms with E-state index < -0.39 is 0 Å². The smallest absolute Gasteiger partial charge is 0.262 e. The molecule has 194 valence electrons. The predicted molar refractivity (Wildman–Crippen MR) is 156 cm³/mol. The van der Waals surface area contributed by atoms with Gasteiger partial charge in [0.2, 0.25) is 0 Å². The van der Waals surface area contributed by atoms with Gasteiger partial charge in [0.15, 0.2) is 0 Å². The number of hydrogen-bond donors (Lipinski definition) is 0. The first-order chi connectivity index (χ1) is 16.2. The molecule has 1 saturated heterocycles. The molecule has 4 aromatic rings. The molecular formula is C25H31Cl3N6OS. The summed E-state index contributed by atoms with van der Waals surface area (Å²) in [7, 11) is 2.13. The molecule has 5 heterocycles.